The normalized spacial score (nSPS) is 18.3. The lowest BCUT2D eigenvalue weighted by Crippen LogP contribution is -2.35. The Morgan fingerprint density at radius 1 is 0.422 bits per heavy atom. The molecule has 4 aliphatic rings. The molecule has 0 fully saturated rings. The number of benzene rings is 9. The van der Waals surface area contributed by atoms with Crippen molar-refractivity contribution in [3.05, 3.63) is 258 Å². The molecule has 1 spiro atoms. The minimum Gasteiger partial charge on any atom is -0.482 e. The molecule has 0 saturated carbocycles. The average Bonchev–Trinajstić information content (AvgIpc) is 3.81. The number of para-hydroxylation sites is 4. The zero-order chi connectivity index (χ0) is 42.4. The molecule has 2 heterocycles. The molecule has 0 aromatic heterocycles. The second-order valence-electron chi connectivity index (χ2n) is 17.4. The van der Waals surface area contributed by atoms with Gasteiger partial charge in [0.25, 0.3) is 0 Å². The number of hydrogen-bond donors (Lipinski definition) is 0. The highest BCUT2D eigenvalue weighted by molar-refractivity contribution is 5.97. The van der Waals surface area contributed by atoms with E-state index in [-0.39, 0.29) is 0 Å². The third-order valence-electron chi connectivity index (χ3n) is 13.8. The molecular formula is C60H42N2O2. The largest absolute Gasteiger partial charge is 0.482 e. The van der Waals surface area contributed by atoms with E-state index in [0.29, 0.717) is 6.42 Å². The molecule has 64 heavy (non-hydrogen) atoms. The number of rotatable bonds is 6. The number of anilines is 5. The first-order chi connectivity index (χ1) is 31.6. The standard InChI is InChI=1S/C60H42N2O2/c1-59-39-46(61(42-20-5-2-6-21-42)43-22-7-3-8-23-43)33-35-51(59)58-54(29-17-31-56(58)64-59)62(44-24-9-4-10-25-44)45-32-34-48-47-26-13-14-27-49(47)60(52(48)38-45)50-28-15-16-30-55(50)63-57-37-41-19-12-11-18-40(41)36-53(57)60/h2-38H,39H2,1H3. The molecule has 0 radical (unpaired) electrons. The lowest BCUT2D eigenvalue weighted by Gasteiger charge is -2.40. The predicted octanol–water partition coefficient (Wildman–Crippen LogP) is 15.4. The average molecular weight is 823 g/mol. The van der Waals surface area contributed by atoms with Crippen LogP contribution in [0.4, 0.5) is 28.4 Å². The van der Waals surface area contributed by atoms with Crippen LogP contribution < -0.4 is 19.3 Å². The second-order valence-corrected chi connectivity index (χ2v) is 17.4. The van der Waals surface area contributed by atoms with E-state index in [1.54, 1.807) is 0 Å². The zero-order valence-corrected chi connectivity index (χ0v) is 35.3. The Kier molecular flexibility index (Phi) is 7.98. The van der Waals surface area contributed by atoms with Gasteiger partial charge in [-0.1, -0.05) is 140 Å². The quantitative estimate of drug-likeness (QED) is 0.167. The minimum absolute atomic E-state index is 0.603. The van der Waals surface area contributed by atoms with Crippen molar-refractivity contribution < 1.29 is 9.47 Å². The van der Waals surface area contributed by atoms with Gasteiger partial charge in [-0.3, -0.25) is 0 Å². The van der Waals surface area contributed by atoms with Crippen LogP contribution in [0.25, 0.3) is 27.5 Å². The van der Waals surface area contributed by atoms with Gasteiger partial charge in [0.1, 0.15) is 22.8 Å². The fraction of sp³-hybridized carbons (Fsp3) is 0.0667. The first-order valence-electron chi connectivity index (χ1n) is 22.1. The Labute approximate surface area is 373 Å². The maximum absolute atomic E-state index is 7.16. The van der Waals surface area contributed by atoms with Gasteiger partial charge in [-0.15, -0.1) is 0 Å². The minimum atomic E-state index is -0.630. The van der Waals surface area contributed by atoms with Gasteiger partial charge in [0.05, 0.1) is 11.1 Å². The fourth-order valence-electron chi connectivity index (χ4n) is 11.1. The number of ether oxygens (including phenoxy) is 2. The molecule has 4 nitrogen and oxygen atoms in total. The molecule has 0 bridgehead atoms. The van der Waals surface area contributed by atoms with Gasteiger partial charge in [-0.05, 0) is 125 Å². The first kappa shape index (κ1) is 36.6. The van der Waals surface area contributed by atoms with Gasteiger partial charge < -0.3 is 19.3 Å². The predicted molar refractivity (Wildman–Crippen MR) is 261 cm³/mol. The van der Waals surface area contributed by atoms with Crippen LogP contribution in [-0.4, -0.2) is 5.60 Å². The molecule has 9 aromatic carbocycles. The summed E-state index contributed by atoms with van der Waals surface area (Å²) in [5.74, 6) is 2.65. The summed E-state index contributed by atoms with van der Waals surface area (Å²) in [6.45, 7) is 2.25. The Balaban J connectivity index is 1.02. The van der Waals surface area contributed by atoms with E-state index >= 15 is 0 Å². The van der Waals surface area contributed by atoms with E-state index in [1.807, 2.05) is 0 Å². The van der Waals surface area contributed by atoms with Gasteiger partial charge in [-0.2, -0.15) is 0 Å². The van der Waals surface area contributed by atoms with E-state index in [9.17, 15) is 0 Å². The smallest absolute Gasteiger partial charge is 0.137 e. The molecule has 304 valence electrons. The molecule has 0 saturated heterocycles. The van der Waals surface area contributed by atoms with Crippen molar-refractivity contribution in [3.63, 3.8) is 0 Å². The number of nitrogens with zero attached hydrogens (tertiary/aromatic N) is 2. The molecule has 0 N–H and O–H groups in total. The number of allylic oxidation sites excluding steroid dienone is 2. The first-order valence-corrected chi connectivity index (χ1v) is 22.1. The van der Waals surface area contributed by atoms with Crippen LogP contribution >= 0.6 is 0 Å². The van der Waals surface area contributed by atoms with Gasteiger partial charge in [-0.25, -0.2) is 0 Å². The molecule has 13 rings (SSSR count). The summed E-state index contributed by atoms with van der Waals surface area (Å²) in [6, 6.07) is 76.4. The van der Waals surface area contributed by atoms with Crippen molar-refractivity contribution in [1.29, 1.82) is 0 Å². The van der Waals surface area contributed by atoms with Gasteiger partial charge in [0.15, 0.2) is 0 Å². The lowest BCUT2D eigenvalue weighted by molar-refractivity contribution is 0.166. The van der Waals surface area contributed by atoms with Crippen molar-refractivity contribution in [1.82, 2.24) is 0 Å². The molecule has 2 unspecified atom stereocenters. The van der Waals surface area contributed by atoms with Gasteiger partial charge in [0, 0.05) is 57.1 Å². The molecule has 2 aliphatic carbocycles. The summed E-state index contributed by atoms with van der Waals surface area (Å²) in [5, 5.41) is 2.35. The molecular weight excluding hydrogens is 781 g/mol. The van der Waals surface area contributed by atoms with Gasteiger partial charge >= 0.3 is 0 Å². The Morgan fingerprint density at radius 2 is 1.02 bits per heavy atom. The highest BCUT2D eigenvalue weighted by atomic mass is 16.5. The fourth-order valence-corrected chi connectivity index (χ4v) is 11.1. The summed E-state index contributed by atoms with van der Waals surface area (Å²) in [5.41, 5.74) is 14.9. The van der Waals surface area contributed by atoms with Crippen LogP contribution in [0.5, 0.6) is 17.2 Å². The summed E-state index contributed by atoms with van der Waals surface area (Å²) in [7, 11) is 0. The summed E-state index contributed by atoms with van der Waals surface area (Å²) in [4.78, 5) is 4.79. The van der Waals surface area contributed by atoms with E-state index in [0.717, 1.165) is 67.8 Å². The number of fused-ring (bicyclic) bond motifs is 13. The van der Waals surface area contributed by atoms with Crippen molar-refractivity contribution in [2.45, 2.75) is 24.4 Å². The van der Waals surface area contributed by atoms with Crippen molar-refractivity contribution in [2.24, 2.45) is 0 Å². The van der Waals surface area contributed by atoms with Crippen LogP contribution in [-0.2, 0) is 5.41 Å². The highest BCUT2D eigenvalue weighted by Crippen LogP contribution is 2.63. The van der Waals surface area contributed by atoms with E-state index in [1.165, 1.54) is 38.9 Å². The van der Waals surface area contributed by atoms with E-state index in [4.69, 9.17) is 9.47 Å². The van der Waals surface area contributed by atoms with E-state index in [2.05, 4.69) is 241 Å². The summed E-state index contributed by atoms with van der Waals surface area (Å²) in [6.07, 6.45) is 5.28. The van der Waals surface area contributed by atoms with Crippen LogP contribution in [0, 0.1) is 0 Å². The van der Waals surface area contributed by atoms with E-state index < -0.39 is 11.0 Å². The van der Waals surface area contributed by atoms with Crippen LogP contribution in [0.3, 0.4) is 0 Å². The maximum Gasteiger partial charge on any atom is 0.137 e. The monoisotopic (exact) mass is 822 g/mol. The van der Waals surface area contributed by atoms with Crippen molar-refractivity contribution >= 4 is 44.8 Å². The summed E-state index contributed by atoms with van der Waals surface area (Å²) < 4.78 is 14.0. The molecule has 2 atom stereocenters. The molecule has 0 amide bonds. The summed E-state index contributed by atoms with van der Waals surface area (Å²) >= 11 is 0. The maximum atomic E-state index is 7.16. The Bertz CT molecular complexity index is 3360. The Hall–Kier alpha value is -8.08. The van der Waals surface area contributed by atoms with Crippen molar-refractivity contribution in [3.8, 4) is 28.4 Å². The lowest BCUT2D eigenvalue weighted by atomic mass is 9.65. The highest BCUT2D eigenvalue weighted by Gasteiger charge is 2.52. The molecule has 4 heteroatoms. The van der Waals surface area contributed by atoms with Crippen LogP contribution in [0.2, 0.25) is 0 Å². The zero-order valence-electron chi connectivity index (χ0n) is 35.3. The molecule has 2 aliphatic heterocycles. The molecule has 9 aromatic rings. The number of hydrogen-bond acceptors (Lipinski definition) is 4. The topological polar surface area (TPSA) is 24.9 Å². The Morgan fingerprint density at radius 3 is 1.75 bits per heavy atom. The second kappa shape index (κ2) is 14.0. The SMILES string of the molecule is CC12CC(N(c3ccccc3)c3ccccc3)=CC=C1c1c(cccc1N(c1ccccc1)c1ccc3c(c1)C1(c4ccccc4Oc4cc5ccccc5cc41)c1ccccc1-3)O2. The van der Waals surface area contributed by atoms with Crippen molar-refractivity contribution in [2.75, 3.05) is 9.80 Å². The van der Waals surface area contributed by atoms with Crippen LogP contribution in [0.1, 0.15) is 41.2 Å². The third kappa shape index (κ3) is 5.29. The third-order valence-corrected chi connectivity index (χ3v) is 13.8. The van der Waals surface area contributed by atoms with Gasteiger partial charge in [0.2, 0.25) is 0 Å². The van der Waals surface area contributed by atoms with Crippen LogP contribution in [0.15, 0.2) is 230 Å².